The van der Waals surface area contributed by atoms with E-state index in [0.717, 1.165) is 27.8 Å². The number of alkyl carbamates (subject to hydrolysis) is 1. The number of benzene rings is 3. The maximum absolute atomic E-state index is 13.3. The second-order valence-electron chi connectivity index (χ2n) is 10.8. The SMILES string of the molecule is O=C(O)CCCC1CN(C(=O)[C@H](CC(=O)OCc2ccccc2)NC(=O)OCC2c3ccccc3-c3ccccc32)C1. The van der Waals surface area contributed by atoms with Crippen molar-refractivity contribution in [2.75, 3.05) is 19.7 Å². The summed E-state index contributed by atoms with van der Waals surface area (Å²) < 4.78 is 11.0. The minimum absolute atomic E-state index is 0.0564. The van der Waals surface area contributed by atoms with Gasteiger partial charge in [-0.1, -0.05) is 78.9 Å². The predicted octanol–water partition coefficient (Wildman–Crippen LogP) is 4.74. The molecular formula is C33H34N2O7. The number of hydrogen-bond donors (Lipinski definition) is 2. The number of rotatable bonds is 12. The molecule has 1 aliphatic carbocycles. The van der Waals surface area contributed by atoms with Crippen LogP contribution in [0, 0.1) is 5.92 Å². The van der Waals surface area contributed by atoms with E-state index >= 15 is 0 Å². The van der Waals surface area contributed by atoms with Crippen LogP contribution in [0.15, 0.2) is 78.9 Å². The van der Waals surface area contributed by atoms with E-state index in [4.69, 9.17) is 14.6 Å². The Morgan fingerprint density at radius 2 is 1.48 bits per heavy atom. The van der Waals surface area contributed by atoms with Crippen molar-refractivity contribution in [2.45, 2.75) is 44.2 Å². The van der Waals surface area contributed by atoms with Crippen LogP contribution in [0.3, 0.4) is 0 Å². The fraction of sp³-hybridized carbons (Fsp3) is 0.333. The fourth-order valence-corrected chi connectivity index (χ4v) is 5.64. The van der Waals surface area contributed by atoms with Crippen LogP contribution in [0.1, 0.15) is 48.3 Å². The Morgan fingerprint density at radius 3 is 2.12 bits per heavy atom. The van der Waals surface area contributed by atoms with Crippen LogP contribution in [0.4, 0.5) is 4.79 Å². The molecule has 1 fully saturated rings. The number of carboxylic acids is 1. The summed E-state index contributed by atoms with van der Waals surface area (Å²) in [6, 6.07) is 24.0. The molecule has 3 aromatic rings. The molecule has 3 aromatic carbocycles. The van der Waals surface area contributed by atoms with Crippen LogP contribution in [0.25, 0.3) is 11.1 Å². The van der Waals surface area contributed by atoms with Gasteiger partial charge in [0.2, 0.25) is 5.91 Å². The molecule has 218 valence electrons. The first-order chi connectivity index (χ1) is 20.4. The highest BCUT2D eigenvalue weighted by atomic mass is 16.5. The molecule has 5 rings (SSSR count). The topological polar surface area (TPSA) is 122 Å². The monoisotopic (exact) mass is 570 g/mol. The standard InChI is InChI=1S/C33H34N2O7/c36-30(37)16-8-11-23-18-35(19-23)32(39)29(17-31(38)41-20-22-9-2-1-3-10-22)34-33(40)42-21-28-26-14-6-4-12-24(26)25-13-5-7-15-27(25)28/h1-7,9-10,12-15,23,28-29H,8,11,16-21H2,(H,34,40)(H,36,37)/t29-/m0/s1. The number of fused-ring (bicyclic) bond motifs is 3. The molecule has 0 radical (unpaired) electrons. The summed E-state index contributed by atoms with van der Waals surface area (Å²) in [4.78, 5) is 51.4. The van der Waals surface area contributed by atoms with Crippen molar-refractivity contribution in [3.63, 3.8) is 0 Å². The zero-order valence-corrected chi connectivity index (χ0v) is 23.2. The number of carbonyl (C=O) groups excluding carboxylic acids is 3. The molecule has 1 heterocycles. The number of likely N-dealkylation sites (tertiary alicyclic amines) is 1. The Hall–Kier alpha value is -4.66. The number of nitrogens with zero attached hydrogens (tertiary/aromatic N) is 1. The lowest BCUT2D eigenvalue weighted by molar-refractivity contribution is -0.150. The van der Waals surface area contributed by atoms with Gasteiger partial charge < -0.3 is 24.8 Å². The maximum Gasteiger partial charge on any atom is 0.407 e. The molecule has 42 heavy (non-hydrogen) atoms. The summed E-state index contributed by atoms with van der Waals surface area (Å²) in [5.74, 6) is -1.81. The van der Waals surface area contributed by atoms with Crippen molar-refractivity contribution >= 4 is 23.9 Å². The lowest BCUT2D eigenvalue weighted by Crippen LogP contribution is -2.57. The van der Waals surface area contributed by atoms with Gasteiger partial charge in [0.15, 0.2) is 0 Å². The Bertz CT molecular complexity index is 1390. The first kappa shape index (κ1) is 28.9. The first-order valence-corrected chi connectivity index (χ1v) is 14.2. The van der Waals surface area contributed by atoms with Crippen molar-refractivity contribution in [3.8, 4) is 11.1 Å². The highest BCUT2D eigenvalue weighted by molar-refractivity contribution is 5.90. The average molecular weight is 571 g/mol. The number of ether oxygens (including phenoxy) is 2. The van der Waals surface area contributed by atoms with E-state index in [1.54, 1.807) is 4.90 Å². The smallest absolute Gasteiger partial charge is 0.407 e. The molecule has 0 spiro atoms. The van der Waals surface area contributed by atoms with Gasteiger partial charge in [-0.2, -0.15) is 0 Å². The first-order valence-electron chi connectivity index (χ1n) is 14.2. The van der Waals surface area contributed by atoms with E-state index < -0.39 is 30.0 Å². The third kappa shape index (κ3) is 6.97. The average Bonchev–Trinajstić information content (AvgIpc) is 3.29. The van der Waals surface area contributed by atoms with E-state index in [1.807, 2.05) is 78.9 Å². The molecule has 2 amide bonds. The van der Waals surface area contributed by atoms with Crippen molar-refractivity contribution in [1.29, 1.82) is 0 Å². The van der Waals surface area contributed by atoms with Gasteiger partial charge in [-0.25, -0.2) is 4.79 Å². The van der Waals surface area contributed by atoms with E-state index in [1.165, 1.54) is 0 Å². The van der Waals surface area contributed by atoms with E-state index in [9.17, 15) is 19.2 Å². The molecule has 1 atom stereocenters. The Balaban J connectivity index is 1.20. The Morgan fingerprint density at radius 1 is 0.857 bits per heavy atom. The molecule has 1 aliphatic heterocycles. The van der Waals surface area contributed by atoms with Crippen molar-refractivity contribution in [3.05, 3.63) is 95.6 Å². The largest absolute Gasteiger partial charge is 0.481 e. The molecule has 2 N–H and O–H groups in total. The molecule has 2 aliphatic rings. The van der Waals surface area contributed by atoms with E-state index in [-0.39, 0.29) is 37.9 Å². The molecule has 9 heteroatoms. The molecule has 1 saturated heterocycles. The summed E-state index contributed by atoms with van der Waals surface area (Å²) in [5.41, 5.74) is 5.15. The minimum atomic E-state index is -1.15. The number of nitrogens with one attached hydrogen (secondary N) is 1. The van der Waals surface area contributed by atoms with Gasteiger partial charge in [-0.05, 0) is 46.6 Å². The van der Waals surface area contributed by atoms with Crippen LogP contribution in [-0.4, -0.2) is 59.7 Å². The summed E-state index contributed by atoms with van der Waals surface area (Å²) >= 11 is 0. The molecular weight excluding hydrogens is 536 g/mol. The Kier molecular flexibility index (Phi) is 9.16. The van der Waals surface area contributed by atoms with Crippen molar-refractivity contribution < 1.29 is 33.8 Å². The van der Waals surface area contributed by atoms with Gasteiger partial charge in [-0.3, -0.25) is 14.4 Å². The van der Waals surface area contributed by atoms with Crippen molar-refractivity contribution in [2.24, 2.45) is 5.92 Å². The highest BCUT2D eigenvalue weighted by Crippen LogP contribution is 2.44. The second-order valence-corrected chi connectivity index (χ2v) is 10.8. The molecule has 0 bridgehead atoms. The number of carboxylic acid groups (broad SMARTS) is 1. The lowest BCUT2D eigenvalue weighted by Gasteiger charge is -2.41. The molecule has 9 nitrogen and oxygen atoms in total. The predicted molar refractivity (Wildman–Crippen MR) is 154 cm³/mol. The summed E-state index contributed by atoms with van der Waals surface area (Å²) in [5, 5.41) is 11.5. The lowest BCUT2D eigenvalue weighted by atomic mass is 9.93. The summed E-state index contributed by atoms with van der Waals surface area (Å²) in [6.45, 7) is 1.02. The van der Waals surface area contributed by atoms with Crippen LogP contribution < -0.4 is 5.32 Å². The molecule has 0 aromatic heterocycles. The van der Waals surface area contributed by atoms with Gasteiger partial charge in [0.05, 0.1) is 6.42 Å². The fourth-order valence-electron chi connectivity index (χ4n) is 5.64. The van der Waals surface area contributed by atoms with Gasteiger partial charge in [-0.15, -0.1) is 0 Å². The number of amides is 2. The summed E-state index contributed by atoms with van der Waals surface area (Å²) in [6.07, 6.45) is 0.193. The van der Waals surface area contributed by atoms with Gasteiger partial charge in [0.25, 0.3) is 0 Å². The zero-order valence-electron chi connectivity index (χ0n) is 23.2. The van der Waals surface area contributed by atoms with Gasteiger partial charge in [0.1, 0.15) is 19.3 Å². The number of esters is 1. The van der Waals surface area contributed by atoms with Gasteiger partial charge >= 0.3 is 18.0 Å². The molecule has 0 saturated carbocycles. The Labute approximate surface area is 244 Å². The normalized spacial score (nSPS) is 14.7. The zero-order chi connectivity index (χ0) is 29.5. The van der Waals surface area contributed by atoms with E-state index in [2.05, 4.69) is 5.32 Å². The quantitative estimate of drug-likeness (QED) is 0.302. The van der Waals surface area contributed by atoms with Crippen LogP contribution in [0.2, 0.25) is 0 Å². The number of carbonyl (C=O) groups is 4. The van der Waals surface area contributed by atoms with Gasteiger partial charge in [0, 0.05) is 25.4 Å². The third-order valence-corrected chi connectivity index (χ3v) is 7.82. The second kappa shape index (κ2) is 13.3. The maximum atomic E-state index is 13.3. The van der Waals surface area contributed by atoms with Crippen LogP contribution in [0.5, 0.6) is 0 Å². The summed E-state index contributed by atoms with van der Waals surface area (Å²) in [7, 11) is 0. The number of aliphatic carboxylic acids is 1. The third-order valence-electron chi connectivity index (χ3n) is 7.82. The molecule has 0 unspecified atom stereocenters. The minimum Gasteiger partial charge on any atom is -0.481 e. The van der Waals surface area contributed by atoms with Crippen LogP contribution in [-0.2, 0) is 30.5 Å². The van der Waals surface area contributed by atoms with Crippen LogP contribution >= 0.6 is 0 Å². The van der Waals surface area contributed by atoms with Crippen molar-refractivity contribution in [1.82, 2.24) is 10.2 Å². The highest BCUT2D eigenvalue weighted by Gasteiger charge is 2.37. The number of hydrogen-bond acceptors (Lipinski definition) is 6. The van der Waals surface area contributed by atoms with E-state index in [0.29, 0.717) is 25.9 Å².